The van der Waals surface area contributed by atoms with Crippen molar-refractivity contribution in [3.8, 4) is 17.1 Å². The number of hydrogen-bond donors (Lipinski definition) is 2. The van der Waals surface area contributed by atoms with Crippen molar-refractivity contribution in [3.63, 3.8) is 0 Å². The van der Waals surface area contributed by atoms with Crippen molar-refractivity contribution in [2.45, 2.75) is 24.1 Å². The summed E-state index contributed by atoms with van der Waals surface area (Å²) in [6.07, 6.45) is -4.59. The quantitative estimate of drug-likeness (QED) is 0.165. The number of aromatic nitrogens is 4. The molecule has 0 bridgehead atoms. The van der Waals surface area contributed by atoms with Crippen molar-refractivity contribution in [1.82, 2.24) is 29.2 Å². The van der Waals surface area contributed by atoms with Crippen molar-refractivity contribution in [1.29, 1.82) is 0 Å². The molecule has 2 atom stereocenters. The minimum Gasteiger partial charge on any atom is -0.480 e. The number of nitrogens with two attached hydrogens (primary N) is 1. The molecule has 14 nitrogen and oxygen atoms in total. The van der Waals surface area contributed by atoms with Crippen LogP contribution >= 0.6 is 0 Å². The third-order valence-corrected chi connectivity index (χ3v) is 8.68. The summed E-state index contributed by atoms with van der Waals surface area (Å²) in [7, 11) is -3.06. The van der Waals surface area contributed by atoms with Crippen LogP contribution in [0.25, 0.3) is 16.8 Å². The van der Waals surface area contributed by atoms with Crippen LogP contribution in [0.3, 0.4) is 0 Å². The lowest BCUT2D eigenvalue weighted by Gasteiger charge is -2.17. The largest absolute Gasteiger partial charge is 0.480 e. The molecular weight excluding hydrogens is 616 g/mol. The van der Waals surface area contributed by atoms with Crippen LogP contribution in [0.1, 0.15) is 21.5 Å². The Balaban J connectivity index is 1.41. The van der Waals surface area contributed by atoms with E-state index >= 15 is 4.39 Å². The van der Waals surface area contributed by atoms with E-state index in [9.17, 15) is 36.5 Å². The van der Waals surface area contributed by atoms with Crippen LogP contribution in [0.15, 0.2) is 48.9 Å². The number of hydrogen-bond acceptors (Lipinski definition) is 10. The summed E-state index contributed by atoms with van der Waals surface area (Å²) in [6, 6.07) is 5.82. The number of nitrogen functional groups attached to an aromatic ring is 1. The van der Waals surface area contributed by atoms with Gasteiger partial charge in [0.05, 0.1) is 35.1 Å². The maximum Gasteiger partial charge on any atom is 0.418 e. The van der Waals surface area contributed by atoms with Gasteiger partial charge < -0.3 is 15.8 Å². The Morgan fingerprint density at radius 2 is 1.95 bits per heavy atom. The maximum atomic E-state index is 15.0. The van der Waals surface area contributed by atoms with Crippen molar-refractivity contribution in [2.24, 2.45) is 0 Å². The standard InChI is InChI=1S/C25H22F4N8O6S/c1-43-24-15(6-14(8-31-24)20-7-16(25(27,28)29)21-22(30)32-12-33-36(20)21)23(38)34-18-10-35(9-17(18)26)44(41,42)11-13-4-2-3-5-19(13)37(39)40/h2-8,12,17-18H,9-11H2,1H3,(H,34,38)(H2,30,32,33)/t17-,18+/m0/s1. The van der Waals surface area contributed by atoms with Gasteiger partial charge in [0.25, 0.3) is 11.6 Å². The summed E-state index contributed by atoms with van der Waals surface area (Å²) < 4.78 is 89.2. The average Bonchev–Trinajstić information content (AvgIpc) is 3.55. The Kier molecular flexibility index (Phi) is 7.85. The molecule has 1 fully saturated rings. The number of ether oxygens (including phenoxy) is 1. The second kappa shape index (κ2) is 11.3. The monoisotopic (exact) mass is 638 g/mol. The number of amides is 1. The van der Waals surface area contributed by atoms with Crippen LogP contribution < -0.4 is 15.8 Å². The van der Waals surface area contributed by atoms with Crippen LogP contribution in [0.2, 0.25) is 0 Å². The van der Waals surface area contributed by atoms with E-state index in [0.29, 0.717) is 0 Å². The van der Waals surface area contributed by atoms with E-state index in [4.69, 9.17) is 10.5 Å². The van der Waals surface area contributed by atoms with E-state index in [1.54, 1.807) is 0 Å². The molecule has 0 unspecified atom stereocenters. The van der Waals surface area contributed by atoms with Crippen molar-refractivity contribution in [3.05, 3.63) is 75.7 Å². The van der Waals surface area contributed by atoms with Gasteiger partial charge >= 0.3 is 6.18 Å². The van der Waals surface area contributed by atoms with Crippen molar-refractivity contribution in [2.75, 3.05) is 25.9 Å². The van der Waals surface area contributed by atoms with Crippen LogP contribution in [0, 0.1) is 10.1 Å². The Bertz CT molecular complexity index is 1880. The van der Waals surface area contributed by atoms with Gasteiger partial charge in [-0.2, -0.15) is 22.6 Å². The SMILES string of the molecule is COc1ncc(-c2cc(C(F)(F)F)c3c(N)ncnn23)cc1C(=O)N[C@@H]1CN(S(=O)(=O)Cc2ccccc2[N+](=O)[O-])C[C@@H]1F. The minimum atomic E-state index is -4.82. The van der Waals surface area contributed by atoms with E-state index in [0.717, 1.165) is 39.5 Å². The third-order valence-electron chi connectivity index (χ3n) is 6.92. The predicted octanol–water partition coefficient (Wildman–Crippen LogP) is 2.59. The topological polar surface area (TPSA) is 188 Å². The van der Waals surface area contributed by atoms with Gasteiger partial charge in [-0.1, -0.05) is 18.2 Å². The molecule has 232 valence electrons. The molecular formula is C25H22F4N8O6S. The first-order chi connectivity index (χ1) is 20.7. The van der Waals surface area contributed by atoms with Gasteiger partial charge in [0.15, 0.2) is 5.82 Å². The average molecular weight is 639 g/mol. The van der Waals surface area contributed by atoms with Gasteiger partial charge in [-0.05, 0) is 12.1 Å². The van der Waals surface area contributed by atoms with Gasteiger partial charge in [0.2, 0.25) is 15.9 Å². The molecule has 1 amide bonds. The molecule has 4 aromatic rings. The molecule has 3 aromatic heterocycles. The first-order valence-electron chi connectivity index (χ1n) is 12.6. The Hall–Kier alpha value is -4.91. The number of benzene rings is 1. The van der Waals surface area contributed by atoms with E-state index in [1.807, 2.05) is 0 Å². The number of sulfonamides is 1. The fourth-order valence-electron chi connectivity index (χ4n) is 4.85. The van der Waals surface area contributed by atoms with Crippen LogP contribution in [0.5, 0.6) is 5.88 Å². The lowest BCUT2D eigenvalue weighted by molar-refractivity contribution is -0.385. The molecule has 19 heteroatoms. The fraction of sp³-hybridized carbons (Fsp3) is 0.280. The van der Waals surface area contributed by atoms with Crippen LogP contribution in [-0.4, -0.2) is 75.5 Å². The molecule has 1 aliphatic rings. The summed E-state index contributed by atoms with van der Waals surface area (Å²) in [4.78, 5) is 31.5. The van der Waals surface area contributed by atoms with E-state index in [2.05, 4.69) is 20.4 Å². The van der Waals surface area contributed by atoms with E-state index in [1.165, 1.54) is 25.3 Å². The lowest BCUT2D eigenvalue weighted by Crippen LogP contribution is -2.42. The van der Waals surface area contributed by atoms with E-state index < -0.39 is 80.7 Å². The fourth-order valence-corrected chi connectivity index (χ4v) is 6.42. The second-order valence-electron chi connectivity index (χ2n) is 9.68. The number of alkyl halides is 4. The summed E-state index contributed by atoms with van der Waals surface area (Å²) >= 11 is 0. The summed E-state index contributed by atoms with van der Waals surface area (Å²) in [6.45, 7) is -1.11. The summed E-state index contributed by atoms with van der Waals surface area (Å²) in [5.74, 6) is -2.40. The molecule has 0 spiro atoms. The molecule has 0 saturated carbocycles. The number of nitro benzene ring substituents is 1. The summed E-state index contributed by atoms with van der Waals surface area (Å²) in [5.41, 5.74) is 3.13. The number of fused-ring (bicyclic) bond motifs is 1. The van der Waals surface area contributed by atoms with Gasteiger partial charge in [-0.25, -0.2) is 27.3 Å². The number of rotatable bonds is 8. The Morgan fingerprint density at radius 3 is 2.64 bits per heavy atom. The first kappa shape index (κ1) is 30.5. The van der Waals surface area contributed by atoms with Crippen molar-refractivity contribution < 1.29 is 40.4 Å². The predicted molar refractivity (Wildman–Crippen MR) is 146 cm³/mol. The van der Waals surface area contributed by atoms with Gasteiger partial charge in [-0.3, -0.25) is 14.9 Å². The first-order valence-corrected chi connectivity index (χ1v) is 14.2. The number of carbonyl (C=O) groups excluding carboxylic acids is 1. The molecule has 5 rings (SSSR count). The van der Waals surface area contributed by atoms with Gasteiger partial charge in [0.1, 0.15) is 23.6 Å². The zero-order valence-electron chi connectivity index (χ0n) is 22.5. The molecule has 1 aromatic carbocycles. The number of nitrogens with zero attached hydrogens (tertiary/aromatic N) is 6. The molecule has 0 aliphatic carbocycles. The smallest absolute Gasteiger partial charge is 0.418 e. The molecule has 1 aliphatic heterocycles. The van der Waals surface area contributed by atoms with Gasteiger partial charge in [-0.15, -0.1) is 0 Å². The molecule has 44 heavy (non-hydrogen) atoms. The number of halogens is 4. The highest BCUT2D eigenvalue weighted by molar-refractivity contribution is 7.88. The Morgan fingerprint density at radius 1 is 1.23 bits per heavy atom. The normalized spacial score (nSPS) is 17.6. The number of anilines is 1. The molecule has 0 radical (unpaired) electrons. The number of methoxy groups -OCH3 is 1. The zero-order valence-corrected chi connectivity index (χ0v) is 23.3. The second-order valence-corrected chi connectivity index (χ2v) is 11.7. The van der Waals surface area contributed by atoms with Crippen molar-refractivity contribution >= 4 is 33.0 Å². The number of pyridine rings is 1. The highest BCUT2D eigenvalue weighted by Crippen LogP contribution is 2.39. The highest BCUT2D eigenvalue weighted by Gasteiger charge is 2.41. The number of carbonyl (C=O) groups is 1. The van der Waals surface area contributed by atoms with Crippen LogP contribution in [-0.2, 0) is 22.0 Å². The molecule has 3 N–H and O–H groups in total. The maximum absolute atomic E-state index is 15.0. The molecule has 4 heterocycles. The zero-order chi connectivity index (χ0) is 32.0. The lowest BCUT2D eigenvalue weighted by atomic mass is 10.1. The third kappa shape index (κ3) is 5.70. The van der Waals surface area contributed by atoms with E-state index in [-0.39, 0.29) is 28.3 Å². The minimum absolute atomic E-state index is 0.00331. The number of nitro groups is 1. The number of nitrogens with one attached hydrogen (secondary N) is 1. The van der Waals surface area contributed by atoms with Gasteiger partial charge in [0, 0.05) is 36.5 Å². The molecule has 1 saturated heterocycles. The number of para-hydroxylation sites is 1. The Labute approximate surface area is 245 Å². The summed E-state index contributed by atoms with van der Waals surface area (Å²) in [5, 5.41) is 17.5. The van der Waals surface area contributed by atoms with Crippen LogP contribution in [0.4, 0.5) is 29.1 Å². The highest BCUT2D eigenvalue weighted by atomic mass is 32.2.